The van der Waals surface area contributed by atoms with Gasteiger partial charge in [-0.3, -0.25) is 14.9 Å². The molecule has 1 aliphatic carbocycles. The second kappa shape index (κ2) is 7.96. The minimum atomic E-state index is -0.741. The van der Waals surface area contributed by atoms with Crippen molar-refractivity contribution in [2.24, 2.45) is 0 Å². The average molecular weight is 487 g/mol. The molecule has 0 amide bonds. The first kappa shape index (κ1) is 22.2. The van der Waals surface area contributed by atoms with Crippen LogP contribution in [0.15, 0.2) is 48.8 Å². The summed E-state index contributed by atoms with van der Waals surface area (Å²) in [5, 5.41) is 20.8. The number of hydrogen-bond donors (Lipinski definition) is 3. The minimum Gasteiger partial charge on any atom is -0.365 e. The van der Waals surface area contributed by atoms with E-state index >= 15 is 0 Å². The number of nitrogens with zero attached hydrogens (tertiary/aromatic N) is 4. The number of aromatic nitrogens is 4. The summed E-state index contributed by atoms with van der Waals surface area (Å²) in [5.41, 5.74) is 6.10. The molecule has 2 unspecified atom stereocenters. The average Bonchev–Trinajstić information content (AvgIpc) is 3.63. The van der Waals surface area contributed by atoms with E-state index in [1.165, 1.54) is 23.4 Å². The molecule has 4 aromatic rings. The third kappa shape index (κ3) is 3.35. The van der Waals surface area contributed by atoms with Gasteiger partial charge in [0.25, 0.3) is 0 Å². The third-order valence-electron chi connectivity index (χ3n) is 8.90. The Hall–Kier alpha value is -3.07. The van der Waals surface area contributed by atoms with E-state index in [9.17, 15) is 9.50 Å². The van der Waals surface area contributed by atoms with Gasteiger partial charge in [0, 0.05) is 59.6 Å². The molecule has 3 N–H and O–H groups in total. The Morgan fingerprint density at radius 3 is 2.69 bits per heavy atom. The van der Waals surface area contributed by atoms with E-state index in [0.29, 0.717) is 0 Å². The number of aromatic amines is 1. The first-order valence-corrected chi connectivity index (χ1v) is 12.9. The lowest BCUT2D eigenvalue weighted by Crippen LogP contribution is -2.57. The van der Waals surface area contributed by atoms with E-state index in [4.69, 9.17) is 5.10 Å². The Morgan fingerprint density at radius 2 is 1.92 bits per heavy atom. The van der Waals surface area contributed by atoms with Crippen LogP contribution < -0.4 is 5.32 Å². The first-order valence-electron chi connectivity index (χ1n) is 12.9. The predicted molar refractivity (Wildman–Crippen MR) is 136 cm³/mol. The highest BCUT2D eigenvalue weighted by molar-refractivity contribution is 5.83. The first-order chi connectivity index (χ1) is 17.4. The zero-order chi connectivity index (χ0) is 24.5. The fourth-order valence-electron chi connectivity index (χ4n) is 6.56. The number of aliphatic hydroxyl groups excluding tert-OH is 1. The van der Waals surface area contributed by atoms with Crippen LogP contribution >= 0.6 is 0 Å². The SMILES string of the molecule is Cc1c[nH]c2ncc(-c3cc4n(n3)CCC43CCN(C(O)NC4(c5ccc(F)cc5)CCC4)C3)cc12. The molecule has 3 aliphatic rings. The van der Waals surface area contributed by atoms with Crippen molar-refractivity contribution in [3.05, 3.63) is 71.4 Å². The molecule has 3 aromatic heterocycles. The Morgan fingerprint density at radius 1 is 1.11 bits per heavy atom. The summed E-state index contributed by atoms with van der Waals surface area (Å²) in [5.74, 6) is -0.230. The highest BCUT2D eigenvalue weighted by Crippen LogP contribution is 2.45. The monoisotopic (exact) mass is 486 g/mol. The van der Waals surface area contributed by atoms with Gasteiger partial charge in [-0.15, -0.1) is 0 Å². The van der Waals surface area contributed by atoms with Crippen molar-refractivity contribution in [3.8, 4) is 11.3 Å². The number of aliphatic hydroxyl groups is 1. The quantitative estimate of drug-likeness (QED) is 0.369. The number of H-pyrrole nitrogens is 1. The lowest BCUT2D eigenvalue weighted by molar-refractivity contribution is -0.0521. The van der Waals surface area contributed by atoms with Gasteiger partial charge < -0.3 is 10.1 Å². The van der Waals surface area contributed by atoms with Gasteiger partial charge in [0.1, 0.15) is 11.5 Å². The van der Waals surface area contributed by atoms with Gasteiger partial charge in [0.15, 0.2) is 6.35 Å². The minimum absolute atomic E-state index is 0.00189. The van der Waals surface area contributed by atoms with E-state index in [1.54, 1.807) is 0 Å². The maximum absolute atomic E-state index is 13.5. The Balaban J connectivity index is 1.11. The van der Waals surface area contributed by atoms with Gasteiger partial charge in [0.05, 0.1) is 5.69 Å². The van der Waals surface area contributed by atoms with Crippen LogP contribution in [0.1, 0.15) is 48.9 Å². The summed E-state index contributed by atoms with van der Waals surface area (Å²) < 4.78 is 15.6. The number of fused-ring (bicyclic) bond motifs is 3. The molecule has 7 nitrogen and oxygen atoms in total. The van der Waals surface area contributed by atoms with Crippen LogP contribution in [0.2, 0.25) is 0 Å². The number of benzene rings is 1. The Bertz CT molecular complexity index is 1440. The van der Waals surface area contributed by atoms with Crippen molar-refractivity contribution in [3.63, 3.8) is 0 Å². The van der Waals surface area contributed by atoms with Crippen LogP contribution in [-0.2, 0) is 17.5 Å². The van der Waals surface area contributed by atoms with Crippen LogP contribution in [0, 0.1) is 12.7 Å². The summed E-state index contributed by atoms with van der Waals surface area (Å²) in [6.45, 7) is 4.60. The van der Waals surface area contributed by atoms with Crippen molar-refractivity contribution < 1.29 is 9.50 Å². The molecule has 0 bridgehead atoms. The molecule has 7 rings (SSSR count). The zero-order valence-corrected chi connectivity index (χ0v) is 20.5. The maximum Gasteiger partial charge on any atom is 0.163 e. The molecule has 36 heavy (non-hydrogen) atoms. The summed E-state index contributed by atoms with van der Waals surface area (Å²) in [7, 11) is 0. The van der Waals surface area contributed by atoms with Crippen molar-refractivity contribution >= 4 is 11.0 Å². The van der Waals surface area contributed by atoms with E-state index in [-0.39, 0.29) is 16.8 Å². The molecular weight excluding hydrogens is 455 g/mol. The van der Waals surface area contributed by atoms with Crippen LogP contribution in [0.25, 0.3) is 22.3 Å². The topological polar surface area (TPSA) is 82.0 Å². The molecule has 0 radical (unpaired) electrons. The van der Waals surface area contributed by atoms with E-state index in [1.807, 2.05) is 24.5 Å². The normalized spacial score (nSPS) is 23.9. The maximum atomic E-state index is 13.5. The fraction of sp³-hybridized carbons (Fsp3) is 0.429. The Kier molecular flexibility index (Phi) is 4.90. The molecule has 1 aromatic carbocycles. The van der Waals surface area contributed by atoms with Crippen LogP contribution in [0.3, 0.4) is 0 Å². The molecule has 1 saturated heterocycles. The molecule has 1 saturated carbocycles. The number of halogens is 1. The number of pyridine rings is 1. The van der Waals surface area contributed by atoms with Gasteiger partial charge in [-0.1, -0.05) is 12.1 Å². The number of likely N-dealkylation sites (tertiary alicyclic amines) is 1. The van der Waals surface area contributed by atoms with Crippen molar-refractivity contribution in [1.82, 2.24) is 30.0 Å². The second-order valence-electron chi connectivity index (χ2n) is 10.9. The number of hydrogen-bond acceptors (Lipinski definition) is 5. The molecular formula is C28H31FN6O. The number of aryl methyl sites for hydroxylation is 2. The van der Waals surface area contributed by atoms with E-state index in [2.05, 4.69) is 43.9 Å². The van der Waals surface area contributed by atoms with Crippen LogP contribution in [0.4, 0.5) is 4.39 Å². The summed E-state index contributed by atoms with van der Waals surface area (Å²) in [6, 6.07) is 11.1. The third-order valence-corrected chi connectivity index (χ3v) is 8.90. The van der Waals surface area contributed by atoms with Crippen molar-refractivity contribution in [2.45, 2.75) is 62.9 Å². The van der Waals surface area contributed by atoms with Gasteiger partial charge >= 0.3 is 0 Å². The van der Waals surface area contributed by atoms with Gasteiger partial charge in [-0.05, 0) is 74.4 Å². The van der Waals surface area contributed by atoms with E-state index < -0.39 is 6.35 Å². The summed E-state index contributed by atoms with van der Waals surface area (Å²) in [6.07, 6.45) is 8.17. The predicted octanol–water partition coefficient (Wildman–Crippen LogP) is 4.17. The van der Waals surface area contributed by atoms with Crippen LogP contribution in [0.5, 0.6) is 0 Å². The highest BCUT2D eigenvalue weighted by Gasteiger charge is 2.48. The number of rotatable bonds is 5. The lowest BCUT2D eigenvalue weighted by atomic mass is 9.72. The molecule has 2 atom stereocenters. The fourth-order valence-corrected chi connectivity index (χ4v) is 6.56. The molecule has 2 fully saturated rings. The molecule has 8 heteroatoms. The standard InChI is InChI=1S/C28H31FN6O/c1-18-15-30-25-22(18)13-19(16-31-25)23-14-24-27(10-12-35(24)33-23)9-11-34(17-27)26(36)32-28(7-2-8-28)20-3-5-21(29)6-4-20/h3-6,13-16,26,32,36H,2,7-12,17H2,1H3,(H,30,31). The number of nitrogens with one attached hydrogen (secondary N) is 2. The van der Waals surface area contributed by atoms with Crippen molar-refractivity contribution in [1.29, 1.82) is 0 Å². The lowest BCUT2D eigenvalue weighted by Gasteiger charge is -2.46. The van der Waals surface area contributed by atoms with Gasteiger partial charge in [-0.2, -0.15) is 5.10 Å². The highest BCUT2D eigenvalue weighted by atomic mass is 19.1. The zero-order valence-electron chi connectivity index (χ0n) is 20.5. The van der Waals surface area contributed by atoms with Gasteiger partial charge in [-0.25, -0.2) is 9.37 Å². The summed E-state index contributed by atoms with van der Waals surface area (Å²) in [4.78, 5) is 9.95. The molecule has 5 heterocycles. The second-order valence-corrected chi connectivity index (χ2v) is 10.9. The van der Waals surface area contributed by atoms with Gasteiger partial charge in [0.2, 0.25) is 0 Å². The smallest absolute Gasteiger partial charge is 0.163 e. The molecule has 1 spiro atoms. The largest absolute Gasteiger partial charge is 0.365 e. The van der Waals surface area contributed by atoms with E-state index in [0.717, 1.165) is 79.6 Å². The molecule has 186 valence electrons. The Labute approximate surface area is 209 Å². The van der Waals surface area contributed by atoms with Crippen molar-refractivity contribution in [2.75, 3.05) is 13.1 Å². The summed E-state index contributed by atoms with van der Waals surface area (Å²) >= 11 is 0. The van der Waals surface area contributed by atoms with Crippen LogP contribution in [-0.4, -0.2) is 49.2 Å². The molecule has 2 aliphatic heterocycles.